The molecular formula is C20H17N3O3. The molecule has 2 aromatic carbocycles. The molecule has 2 aromatic rings. The van der Waals surface area contributed by atoms with E-state index in [2.05, 4.69) is 6.07 Å². The summed E-state index contributed by atoms with van der Waals surface area (Å²) in [6.45, 7) is 4.50. The summed E-state index contributed by atoms with van der Waals surface area (Å²) >= 11 is 0. The minimum atomic E-state index is -0.486. The number of imide groups is 1. The number of hydrogen-bond acceptors (Lipinski definition) is 5. The lowest BCUT2D eigenvalue weighted by Crippen LogP contribution is -2.51. The van der Waals surface area contributed by atoms with Gasteiger partial charge in [-0.3, -0.25) is 14.5 Å². The first kappa shape index (κ1) is 16.2. The van der Waals surface area contributed by atoms with Crippen LogP contribution >= 0.6 is 0 Å². The Morgan fingerprint density at radius 3 is 2.38 bits per heavy atom. The first-order chi connectivity index (χ1) is 12.4. The summed E-state index contributed by atoms with van der Waals surface area (Å²) in [6.07, 6.45) is 0. The van der Waals surface area contributed by atoms with Gasteiger partial charge < -0.3 is 9.64 Å². The van der Waals surface area contributed by atoms with Crippen LogP contribution in [0, 0.1) is 11.3 Å². The molecule has 0 spiro atoms. The number of carbonyl (C=O) groups excluding carboxylic acids is 2. The van der Waals surface area contributed by atoms with Gasteiger partial charge in [-0.05, 0) is 44.2 Å². The summed E-state index contributed by atoms with van der Waals surface area (Å²) in [7, 11) is 0. The molecule has 2 heterocycles. The largest absolute Gasteiger partial charge is 0.484 e. The van der Waals surface area contributed by atoms with Crippen LogP contribution in [0.5, 0.6) is 5.75 Å². The van der Waals surface area contributed by atoms with E-state index < -0.39 is 5.60 Å². The molecular weight excluding hydrogens is 330 g/mol. The monoisotopic (exact) mass is 347 g/mol. The summed E-state index contributed by atoms with van der Waals surface area (Å²) < 4.78 is 5.99. The molecule has 2 aliphatic rings. The molecule has 6 heteroatoms. The highest BCUT2D eigenvalue weighted by molar-refractivity contribution is 6.21. The maximum atomic E-state index is 12.7. The number of anilines is 1. The van der Waals surface area contributed by atoms with Crippen LogP contribution in [0.25, 0.3) is 0 Å². The first-order valence-electron chi connectivity index (χ1n) is 8.33. The van der Waals surface area contributed by atoms with Crippen molar-refractivity contribution in [1.82, 2.24) is 4.90 Å². The van der Waals surface area contributed by atoms with Crippen molar-refractivity contribution >= 4 is 17.5 Å². The van der Waals surface area contributed by atoms with Crippen LogP contribution in [-0.4, -0.2) is 35.5 Å². The fourth-order valence-electron chi connectivity index (χ4n) is 3.46. The molecule has 0 saturated heterocycles. The normalized spacial score (nSPS) is 17.4. The van der Waals surface area contributed by atoms with E-state index in [1.807, 2.05) is 18.7 Å². The molecule has 0 aromatic heterocycles. The molecule has 0 atom stereocenters. The van der Waals surface area contributed by atoms with E-state index in [-0.39, 0.29) is 18.5 Å². The highest BCUT2D eigenvalue weighted by Crippen LogP contribution is 2.38. The summed E-state index contributed by atoms with van der Waals surface area (Å²) in [5.74, 6) is 0.0395. The standard InChI is InChI=1S/C20H17N3O3/c1-20(2)11-22(16-9-13(10-21)7-8-17(16)26-20)12-23-18(24)14-5-3-4-6-15(14)19(23)25/h3-9H,11-12H2,1-2H3. The zero-order chi connectivity index (χ0) is 18.5. The Kier molecular flexibility index (Phi) is 3.48. The summed E-state index contributed by atoms with van der Waals surface area (Å²) in [5, 5.41) is 9.19. The molecule has 6 nitrogen and oxygen atoms in total. The Hall–Kier alpha value is -3.33. The molecule has 0 N–H and O–H groups in total. The maximum absolute atomic E-state index is 12.7. The van der Waals surface area contributed by atoms with E-state index in [9.17, 15) is 14.9 Å². The fraction of sp³-hybridized carbons (Fsp3) is 0.250. The molecule has 0 fully saturated rings. The number of hydrogen-bond donors (Lipinski definition) is 0. The van der Waals surface area contributed by atoms with Crippen molar-refractivity contribution in [3.8, 4) is 11.8 Å². The van der Waals surface area contributed by atoms with E-state index in [0.29, 0.717) is 34.7 Å². The van der Waals surface area contributed by atoms with Crippen LogP contribution in [0.2, 0.25) is 0 Å². The number of fused-ring (bicyclic) bond motifs is 2. The van der Waals surface area contributed by atoms with Crippen molar-refractivity contribution in [2.24, 2.45) is 0 Å². The van der Waals surface area contributed by atoms with Gasteiger partial charge >= 0.3 is 0 Å². The van der Waals surface area contributed by atoms with Gasteiger partial charge in [0.1, 0.15) is 18.0 Å². The Balaban J connectivity index is 1.70. The van der Waals surface area contributed by atoms with Gasteiger partial charge in [-0.2, -0.15) is 5.26 Å². The Labute approximate surface area is 151 Å². The van der Waals surface area contributed by atoms with Crippen LogP contribution in [0.15, 0.2) is 42.5 Å². The summed E-state index contributed by atoms with van der Waals surface area (Å²) in [4.78, 5) is 28.5. The number of carbonyl (C=O) groups is 2. The van der Waals surface area contributed by atoms with Crippen molar-refractivity contribution in [3.63, 3.8) is 0 Å². The van der Waals surface area contributed by atoms with E-state index in [4.69, 9.17) is 4.74 Å². The lowest BCUT2D eigenvalue weighted by atomic mass is 10.0. The summed E-state index contributed by atoms with van der Waals surface area (Å²) in [5.41, 5.74) is 1.58. The lowest BCUT2D eigenvalue weighted by Gasteiger charge is -2.42. The second kappa shape index (κ2) is 5.60. The van der Waals surface area contributed by atoms with Crippen molar-refractivity contribution in [2.75, 3.05) is 18.1 Å². The second-order valence-corrected chi connectivity index (χ2v) is 7.08. The molecule has 4 rings (SSSR count). The van der Waals surface area contributed by atoms with E-state index in [1.165, 1.54) is 4.90 Å². The third kappa shape index (κ3) is 2.49. The number of nitrogens with zero attached hydrogens (tertiary/aromatic N) is 3. The number of amides is 2. The van der Waals surface area contributed by atoms with Crippen LogP contribution in [0.3, 0.4) is 0 Å². The highest BCUT2D eigenvalue weighted by Gasteiger charge is 2.39. The molecule has 26 heavy (non-hydrogen) atoms. The zero-order valence-corrected chi connectivity index (χ0v) is 14.5. The minimum Gasteiger partial charge on any atom is -0.484 e. The quantitative estimate of drug-likeness (QED) is 0.781. The molecule has 130 valence electrons. The summed E-state index contributed by atoms with van der Waals surface area (Å²) in [6, 6.07) is 14.1. The smallest absolute Gasteiger partial charge is 0.263 e. The van der Waals surface area contributed by atoms with Crippen LogP contribution < -0.4 is 9.64 Å². The third-order valence-electron chi connectivity index (χ3n) is 4.58. The van der Waals surface area contributed by atoms with E-state index in [1.54, 1.807) is 42.5 Å². The van der Waals surface area contributed by atoms with Gasteiger partial charge in [-0.25, -0.2) is 0 Å². The average Bonchev–Trinajstić information content (AvgIpc) is 2.86. The third-order valence-corrected chi connectivity index (χ3v) is 4.58. The second-order valence-electron chi connectivity index (χ2n) is 7.08. The molecule has 2 aliphatic heterocycles. The lowest BCUT2D eigenvalue weighted by molar-refractivity contribution is 0.0620. The molecule has 0 radical (unpaired) electrons. The van der Waals surface area contributed by atoms with Gasteiger partial charge in [0.05, 0.1) is 35.0 Å². The van der Waals surface area contributed by atoms with E-state index >= 15 is 0 Å². The number of rotatable bonds is 2. The van der Waals surface area contributed by atoms with Gasteiger partial charge in [-0.1, -0.05) is 12.1 Å². The van der Waals surface area contributed by atoms with Crippen LogP contribution in [0.1, 0.15) is 40.1 Å². The topological polar surface area (TPSA) is 73.6 Å². The minimum absolute atomic E-state index is 0.112. The van der Waals surface area contributed by atoms with Gasteiger partial charge in [0.15, 0.2) is 0 Å². The van der Waals surface area contributed by atoms with Crippen molar-refractivity contribution in [2.45, 2.75) is 19.4 Å². The van der Waals surface area contributed by atoms with Gasteiger partial charge in [-0.15, -0.1) is 0 Å². The van der Waals surface area contributed by atoms with Crippen LogP contribution in [-0.2, 0) is 0 Å². The Bertz CT molecular complexity index is 940. The molecule has 0 aliphatic carbocycles. The predicted molar refractivity (Wildman–Crippen MR) is 95.0 cm³/mol. The molecule has 0 saturated carbocycles. The highest BCUT2D eigenvalue weighted by atomic mass is 16.5. The Morgan fingerprint density at radius 2 is 1.77 bits per heavy atom. The number of ether oxygens (including phenoxy) is 1. The van der Waals surface area contributed by atoms with Crippen LogP contribution in [0.4, 0.5) is 5.69 Å². The van der Waals surface area contributed by atoms with Gasteiger partial charge in [0.25, 0.3) is 11.8 Å². The van der Waals surface area contributed by atoms with Gasteiger partial charge in [0.2, 0.25) is 0 Å². The number of nitriles is 1. The molecule has 0 bridgehead atoms. The average molecular weight is 347 g/mol. The fourth-order valence-corrected chi connectivity index (χ4v) is 3.46. The Morgan fingerprint density at radius 1 is 1.12 bits per heavy atom. The van der Waals surface area contributed by atoms with Crippen molar-refractivity contribution < 1.29 is 14.3 Å². The van der Waals surface area contributed by atoms with Gasteiger partial charge in [0, 0.05) is 0 Å². The SMILES string of the molecule is CC1(C)CN(CN2C(=O)c3ccccc3C2=O)c2cc(C#N)ccc2O1. The first-order valence-corrected chi connectivity index (χ1v) is 8.33. The zero-order valence-electron chi connectivity index (χ0n) is 14.5. The van der Waals surface area contributed by atoms with Crippen molar-refractivity contribution in [3.05, 3.63) is 59.2 Å². The number of benzene rings is 2. The van der Waals surface area contributed by atoms with Crippen molar-refractivity contribution in [1.29, 1.82) is 5.26 Å². The maximum Gasteiger partial charge on any atom is 0.263 e. The molecule has 2 amide bonds. The predicted octanol–water partition coefficient (Wildman–Crippen LogP) is 2.79. The van der Waals surface area contributed by atoms with E-state index in [0.717, 1.165) is 0 Å². The molecule has 0 unspecified atom stereocenters.